The molecule has 2 atom stereocenters. The van der Waals surface area contributed by atoms with Crippen molar-refractivity contribution in [2.24, 2.45) is 7.05 Å². The van der Waals surface area contributed by atoms with Gasteiger partial charge in [0.1, 0.15) is 18.7 Å². The lowest BCUT2D eigenvalue weighted by molar-refractivity contribution is -0.756. The van der Waals surface area contributed by atoms with E-state index in [0.717, 1.165) is 11.8 Å². The molecule has 2 unspecified atom stereocenters. The second kappa shape index (κ2) is 8.45. The molecule has 6 nitrogen and oxygen atoms in total. The van der Waals surface area contributed by atoms with E-state index in [0.29, 0.717) is 35.5 Å². The summed E-state index contributed by atoms with van der Waals surface area (Å²) in [5.74, 6) is -0.522. The summed E-state index contributed by atoms with van der Waals surface area (Å²) < 4.78 is 35.5. The van der Waals surface area contributed by atoms with Crippen molar-refractivity contribution in [3.63, 3.8) is 0 Å². The molecule has 0 N–H and O–H groups in total. The Bertz CT molecular complexity index is 1450. The molecule has 0 spiro atoms. The van der Waals surface area contributed by atoms with Gasteiger partial charge in [-0.1, -0.05) is 13.8 Å². The van der Waals surface area contributed by atoms with E-state index in [9.17, 15) is 4.39 Å². The van der Waals surface area contributed by atoms with Crippen LogP contribution in [0, 0.1) is 11.6 Å². The first kappa shape index (κ1) is 23.0. The van der Waals surface area contributed by atoms with Crippen LogP contribution in [0.4, 0.5) is 8.78 Å². The molecule has 4 heterocycles. The first-order valence-corrected chi connectivity index (χ1v) is 11.8. The topological polar surface area (TPSA) is 51.4 Å². The zero-order valence-corrected chi connectivity index (χ0v) is 20.3. The van der Waals surface area contributed by atoms with E-state index >= 15 is 4.39 Å². The van der Waals surface area contributed by atoms with Gasteiger partial charge in [-0.3, -0.25) is 0 Å². The van der Waals surface area contributed by atoms with Gasteiger partial charge in [0, 0.05) is 49.0 Å². The highest BCUT2D eigenvalue weighted by Crippen LogP contribution is 2.51. The molecule has 5 rings (SSSR count). The maximum Gasteiger partial charge on any atom is 0.252 e. The first-order chi connectivity index (χ1) is 16.9. The second-order valence-electron chi connectivity index (χ2n) is 9.19. The van der Waals surface area contributed by atoms with E-state index in [1.54, 1.807) is 4.68 Å². The standard InChI is InChI=1S/C27H28F2N6/c1-5-26(3)20-17-19(28)18-21(29)24(20)22-11-8-10-15-34(22)27(26,6-2)13-16-35-25(30-31-32-35)23-12-7-9-14-33(23)4/h7-18H,5-6H2,1-4H3/q+2. The third-order valence-electron chi connectivity index (χ3n) is 7.67. The second-order valence-corrected chi connectivity index (χ2v) is 9.19. The summed E-state index contributed by atoms with van der Waals surface area (Å²) in [6, 6.07) is 14.0. The summed E-state index contributed by atoms with van der Waals surface area (Å²) in [4.78, 5) is 0. The average molecular weight is 475 g/mol. The SMILES string of the molecule is CCC1(C)c2cc(F)cc(F)c2-c2cccc[n+]2C1(C=Cn1nnnc1-c1cccc[n+]1C)CC. The van der Waals surface area contributed by atoms with Crippen molar-refractivity contribution >= 4 is 6.20 Å². The average Bonchev–Trinajstić information content (AvgIpc) is 3.32. The zero-order chi connectivity index (χ0) is 24.8. The molecule has 1 aliphatic heterocycles. The molecule has 0 saturated carbocycles. The largest absolute Gasteiger partial charge is 0.252 e. The number of hydrogen-bond acceptors (Lipinski definition) is 3. The van der Waals surface area contributed by atoms with Crippen molar-refractivity contribution in [3.05, 3.63) is 84.2 Å². The van der Waals surface area contributed by atoms with E-state index < -0.39 is 22.6 Å². The molecule has 4 aromatic rings. The monoisotopic (exact) mass is 474 g/mol. The number of aryl methyl sites for hydroxylation is 1. The molecule has 1 aromatic carbocycles. The predicted octanol–water partition coefficient (Wildman–Crippen LogP) is 4.35. The third-order valence-corrected chi connectivity index (χ3v) is 7.67. The summed E-state index contributed by atoms with van der Waals surface area (Å²) in [6.45, 7) is 6.24. The molecule has 1 aliphatic rings. The van der Waals surface area contributed by atoms with Crippen molar-refractivity contribution in [2.45, 2.75) is 44.6 Å². The number of tetrazole rings is 1. The van der Waals surface area contributed by atoms with E-state index in [4.69, 9.17) is 0 Å². The van der Waals surface area contributed by atoms with Crippen LogP contribution >= 0.6 is 0 Å². The van der Waals surface area contributed by atoms with E-state index in [1.807, 2.05) is 66.6 Å². The maximum atomic E-state index is 15.2. The number of hydrogen-bond donors (Lipinski definition) is 0. The molecule has 8 heteroatoms. The highest BCUT2D eigenvalue weighted by atomic mass is 19.1. The van der Waals surface area contributed by atoms with Gasteiger partial charge in [-0.05, 0) is 47.5 Å². The third kappa shape index (κ3) is 3.31. The molecule has 35 heavy (non-hydrogen) atoms. The number of rotatable bonds is 5. The van der Waals surface area contributed by atoms with Crippen LogP contribution in [0.15, 0.2) is 67.0 Å². The van der Waals surface area contributed by atoms with Crippen molar-refractivity contribution in [1.29, 1.82) is 0 Å². The number of fused-ring (bicyclic) bond motifs is 3. The van der Waals surface area contributed by atoms with Gasteiger partial charge in [0.15, 0.2) is 17.9 Å². The molecule has 0 radical (unpaired) electrons. The number of nitrogens with zero attached hydrogens (tertiary/aromatic N) is 6. The predicted molar refractivity (Wildman–Crippen MR) is 128 cm³/mol. The Labute approximate surface area is 203 Å². The van der Waals surface area contributed by atoms with Gasteiger partial charge in [-0.15, -0.1) is 5.10 Å². The van der Waals surface area contributed by atoms with E-state index in [1.165, 1.54) is 6.07 Å². The number of benzene rings is 1. The van der Waals surface area contributed by atoms with Crippen LogP contribution in [0.5, 0.6) is 0 Å². The Morgan fingerprint density at radius 1 is 1.00 bits per heavy atom. The lowest BCUT2D eigenvalue weighted by Crippen LogP contribution is -2.68. The Hall–Kier alpha value is -3.81. The number of aromatic nitrogens is 6. The minimum atomic E-state index is -0.631. The molecule has 0 amide bonds. The lowest BCUT2D eigenvalue weighted by Gasteiger charge is -2.46. The van der Waals surface area contributed by atoms with E-state index in [-0.39, 0.29) is 0 Å². The molecule has 178 valence electrons. The minimum absolute atomic E-state index is 0.452. The lowest BCUT2D eigenvalue weighted by atomic mass is 9.59. The van der Waals surface area contributed by atoms with Crippen LogP contribution in [-0.4, -0.2) is 20.2 Å². The van der Waals surface area contributed by atoms with Gasteiger partial charge in [-0.25, -0.2) is 8.78 Å². The molecular weight excluding hydrogens is 446 g/mol. The number of halogens is 2. The smallest absolute Gasteiger partial charge is 0.207 e. The zero-order valence-electron chi connectivity index (χ0n) is 20.3. The Morgan fingerprint density at radius 3 is 2.46 bits per heavy atom. The van der Waals surface area contributed by atoms with Gasteiger partial charge in [0.2, 0.25) is 5.69 Å². The first-order valence-electron chi connectivity index (χ1n) is 11.8. The fourth-order valence-electron chi connectivity index (χ4n) is 5.61. The van der Waals surface area contributed by atoms with Crippen molar-refractivity contribution in [1.82, 2.24) is 20.2 Å². The van der Waals surface area contributed by atoms with E-state index in [2.05, 4.69) is 46.9 Å². The Balaban J connectivity index is 1.75. The van der Waals surface area contributed by atoms with Crippen LogP contribution in [0.3, 0.4) is 0 Å². The van der Waals surface area contributed by atoms with Gasteiger partial charge in [-0.2, -0.15) is 13.8 Å². The van der Waals surface area contributed by atoms with Crippen molar-refractivity contribution < 1.29 is 17.9 Å². The maximum absolute atomic E-state index is 15.2. The summed E-state index contributed by atoms with van der Waals surface area (Å²) >= 11 is 0. The molecule has 0 aliphatic carbocycles. The van der Waals surface area contributed by atoms with Gasteiger partial charge in [0.25, 0.3) is 11.5 Å². The van der Waals surface area contributed by atoms with Crippen LogP contribution in [0.1, 0.15) is 39.2 Å². The Kier molecular flexibility index (Phi) is 5.54. The van der Waals surface area contributed by atoms with Gasteiger partial charge >= 0.3 is 0 Å². The minimum Gasteiger partial charge on any atom is -0.207 e. The number of allylic oxidation sites excluding steroid dienone is 1. The van der Waals surface area contributed by atoms with Crippen LogP contribution in [0.2, 0.25) is 0 Å². The number of pyridine rings is 2. The van der Waals surface area contributed by atoms with Crippen LogP contribution in [0.25, 0.3) is 29.0 Å². The summed E-state index contributed by atoms with van der Waals surface area (Å²) in [5.41, 5.74) is 1.45. The van der Waals surface area contributed by atoms with Crippen molar-refractivity contribution in [3.8, 4) is 22.8 Å². The quantitative estimate of drug-likeness (QED) is 0.404. The molecule has 3 aromatic heterocycles. The van der Waals surface area contributed by atoms with Gasteiger partial charge in [0.05, 0.1) is 11.0 Å². The summed E-state index contributed by atoms with van der Waals surface area (Å²) in [7, 11) is 1.94. The fraction of sp³-hybridized carbons (Fsp3) is 0.296. The normalized spacial score (nSPS) is 21.2. The Morgan fingerprint density at radius 2 is 1.74 bits per heavy atom. The van der Waals surface area contributed by atoms with Crippen LogP contribution in [-0.2, 0) is 18.0 Å². The highest BCUT2D eigenvalue weighted by molar-refractivity contribution is 5.67. The van der Waals surface area contributed by atoms with Crippen molar-refractivity contribution in [2.75, 3.05) is 0 Å². The van der Waals surface area contributed by atoms with Crippen LogP contribution < -0.4 is 9.13 Å². The highest BCUT2D eigenvalue weighted by Gasteiger charge is 2.58. The summed E-state index contributed by atoms with van der Waals surface area (Å²) in [6.07, 6.45) is 9.20. The molecule has 0 fully saturated rings. The molecular formula is C27H28F2N6+2. The molecule has 0 saturated heterocycles. The summed E-state index contributed by atoms with van der Waals surface area (Å²) in [5, 5.41) is 12.4. The molecule has 0 bridgehead atoms. The van der Waals surface area contributed by atoms with Gasteiger partial charge < -0.3 is 0 Å². The fourth-order valence-corrected chi connectivity index (χ4v) is 5.61.